The number of halogens is 2. The summed E-state index contributed by atoms with van der Waals surface area (Å²) in [7, 11) is 0. The number of rotatable bonds is 4. The number of fused-ring (bicyclic) bond motifs is 2. The van der Waals surface area contributed by atoms with Crippen molar-refractivity contribution < 1.29 is 28.2 Å². The van der Waals surface area contributed by atoms with Gasteiger partial charge in [-0.1, -0.05) is 36.4 Å². The summed E-state index contributed by atoms with van der Waals surface area (Å²) in [6.07, 6.45) is 0.121. The summed E-state index contributed by atoms with van der Waals surface area (Å²) >= 11 is 0. The highest BCUT2D eigenvalue weighted by molar-refractivity contribution is 5.99. The number of aromatic hydroxyl groups is 1. The van der Waals surface area contributed by atoms with Gasteiger partial charge in [0.2, 0.25) is 5.43 Å². The highest BCUT2D eigenvalue weighted by Gasteiger charge is 2.47. The molecule has 5 rings (SSSR count). The summed E-state index contributed by atoms with van der Waals surface area (Å²) < 4.78 is 34.4. The third-order valence-electron chi connectivity index (χ3n) is 6.36. The lowest BCUT2D eigenvalue weighted by molar-refractivity contribution is -0.0154. The fourth-order valence-electron chi connectivity index (χ4n) is 4.61. The first-order valence-corrected chi connectivity index (χ1v) is 11.0. The van der Waals surface area contributed by atoms with Crippen molar-refractivity contribution in [3.63, 3.8) is 0 Å². The molecule has 0 aliphatic carbocycles. The SMILES string of the molecule is C[C@@H]1[C@H](c2ccccc2)O[C@H]2Cn3cc(C(=O)NCc4ccc(F)cc4F)c(=O)c(O)c3C(=O)N21. The monoisotopic (exact) mass is 481 g/mol. The van der Waals surface area contributed by atoms with Gasteiger partial charge in [-0.15, -0.1) is 0 Å². The minimum Gasteiger partial charge on any atom is -0.503 e. The molecule has 2 aliphatic rings. The second-order valence-electron chi connectivity index (χ2n) is 8.51. The average Bonchev–Trinajstić information content (AvgIpc) is 3.17. The van der Waals surface area contributed by atoms with Gasteiger partial charge in [0.1, 0.15) is 23.3 Å². The van der Waals surface area contributed by atoms with E-state index in [1.54, 1.807) is 0 Å². The number of carbonyl (C=O) groups excluding carboxylic acids is 2. The fourth-order valence-corrected chi connectivity index (χ4v) is 4.61. The van der Waals surface area contributed by atoms with Crippen LogP contribution in [0.25, 0.3) is 0 Å². The predicted molar refractivity (Wildman–Crippen MR) is 120 cm³/mol. The molecule has 2 N–H and O–H groups in total. The largest absolute Gasteiger partial charge is 0.503 e. The van der Waals surface area contributed by atoms with E-state index in [0.717, 1.165) is 11.6 Å². The van der Waals surface area contributed by atoms with E-state index < -0.39 is 52.5 Å². The number of hydrogen-bond acceptors (Lipinski definition) is 5. The van der Waals surface area contributed by atoms with Crippen LogP contribution >= 0.6 is 0 Å². The summed E-state index contributed by atoms with van der Waals surface area (Å²) in [4.78, 5) is 40.2. The van der Waals surface area contributed by atoms with Crippen LogP contribution in [0, 0.1) is 11.6 Å². The normalized spacial score (nSPS) is 20.9. The number of nitrogens with zero attached hydrogens (tertiary/aromatic N) is 2. The topological polar surface area (TPSA) is 101 Å². The summed E-state index contributed by atoms with van der Waals surface area (Å²) in [6, 6.07) is 11.9. The van der Waals surface area contributed by atoms with Crippen LogP contribution in [-0.4, -0.2) is 38.7 Å². The van der Waals surface area contributed by atoms with E-state index >= 15 is 0 Å². The minimum atomic E-state index is -1.02. The maximum absolute atomic E-state index is 13.9. The van der Waals surface area contributed by atoms with E-state index in [9.17, 15) is 28.3 Å². The second kappa shape index (κ2) is 8.62. The molecule has 0 bridgehead atoms. The molecule has 1 fully saturated rings. The van der Waals surface area contributed by atoms with Gasteiger partial charge in [0.05, 0.1) is 12.6 Å². The zero-order valence-electron chi connectivity index (χ0n) is 18.6. The van der Waals surface area contributed by atoms with Gasteiger partial charge in [-0.2, -0.15) is 0 Å². The van der Waals surface area contributed by atoms with E-state index in [4.69, 9.17) is 4.74 Å². The minimum absolute atomic E-state index is 0.0214. The molecule has 0 unspecified atom stereocenters. The lowest BCUT2D eigenvalue weighted by Crippen LogP contribution is -2.49. The molecule has 35 heavy (non-hydrogen) atoms. The Hall–Kier alpha value is -4.05. The van der Waals surface area contributed by atoms with Crippen molar-refractivity contribution in [1.82, 2.24) is 14.8 Å². The molecule has 10 heteroatoms. The molecule has 2 amide bonds. The van der Waals surface area contributed by atoms with Crippen molar-refractivity contribution in [2.75, 3.05) is 0 Å². The molecule has 2 aromatic carbocycles. The number of benzene rings is 2. The van der Waals surface area contributed by atoms with Crippen LogP contribution in [-0.2, 0) is 17.8 Å². The Morgan fingerprint density at radius 1 is 1.17 bits per heavy atom. The van der Waals surface area contributed by atoms with Crippen LogP contribution in [0.15, 0.2) is 59.5 Å². The number of amides is 2. The standard InChI is InChI=1S/C25H21F2N3O5/c1-13-23(14-5-3-2-4-6-14)35-19-12-29-11-17(21(31)22(32)20(29)25(34)30(13)19)24(33)28-10-15-7-8-16(26)9-18(15)27/h2-9,11,13,19,23,32H,10,12H2,1H3,(H,28,33)/t13-,19+,23-/m1/s1. The van der Waals surface area contributed by atoms with E-state index in [2.05, 4.69) is 5.32 Å². The van der Waals surface area contributed by atoms with E-state index in [-0.39, 0.29) is 30.4 Å². The number of hydrogen-bond donors (Lipinski definition) is 2. The van der Waals surface area contributed by atoms with Crippen LogP contribution in [0.3, 0.4) is 0 Å². The lowest BCUT2D eigenvalue weighted by Gasteiger charge is -2.33. The van der Waals surface area contributed by atoms with Crippen LogP contribution < -0.4 is 10.7 Å². The summed E-state index contributed by atoms with van der Waals surface area (Å²) in [5, 5.41) is 13.0. The first-order valence-electron chi connectivity index (χ1n) is 11.0. The Bertz CT molecular complexity index is 1390. The van der Waals surface area contributed by atoms with Crippen molar-refractivity contribution in [2.45, 2.75) is 38.4 Å². The zero-order chi connectivity index (χ0) is 24.9. The van der Waals surface area contributed by atoms with Gasteiger partial charge < -0.3 is 24.6 Å². The molecule has 1 saturated heterocycles. The third kappa shape index (κ3) is 3.85. The van der Waals surface area contributed by atoms with Gasteiger partial charge in [-0.3, -0.25) is 14.4 Å². The smallest absolute Gasteiger partial charge is 0.276 e. The molecule has 0 saturated carbocycles. The van der Waals surface area contributed by atoms with E-state index in [0.29, 0.717) is 6.07 Å². The quantitative estimate of drug-likeness (QED) is 0.597. The van der Waals surface area contributed by atoms with Crippen LogP contribution in [0.5, 0.6) is 5.75 Å². The van der Waals surface area contributed by atoms with Gasteiger partial charge in [0, 0.05) is 24.4 Å². The Kier molecular flexibility index (Phi) is 5.60. The second-order valence-corrected chi connectivity index (χ2v) is 8.51. The highest BCUT2D eigenvalue weighted by atomic mass is 19.1. The Balaban J connectivity index is 1.42. The number of ether oxygens (including phenoxy) is 1. The summed E-state index contributed by atoms with van der Waals surface area (Å²) in [5.74, 6) is -3.90. The number of aromatic nitrogens is 1. The zero-order valence-corrected chi connectivity index (χ0v) is 18.6. The maximum atomic E-state index is 13.9. The molecule has 1 aromatic heterocycles. The Morgan fingerprint density at radius 3 is 2.63 bits per heavy atom. The van der Waals surface area contributed by atoms with Gasteiger partial charge in [0.15, 0.2) is 17.7 Å². The van der Waals surface area contributed by atoms with Crippen LogP contribution in [0.4, 0.5) is 8.78 Å². The van der Waals surface area contributed by atoms with Gasteiger partial charge in [0.25, 0.3) is 11.8 Å². The number of pyridine rings is 1. The molecule has 0 spiro atoms. The molecule has 0 radical (unpaired) electrons. The fraction of sp³-hybridized carbons (Fsp3) is 0.240. The molecule has 3 heterocycles. The molecule has 8 nitrogen and oxygen atoms in total. The van der Waals surface area contributed by atoms with Crippen LogP contribution in [0.1, 0.15) is 45.0 Å². The highest BCUT2D eigenvalue weighted by Crippen LogP contribution is 2.39. The molecule has 2 aliphatic heterocycles. The van der Waals surface area contributed by atoms with Crippen molar-refractivity contribution in [3.8, 4) is 5.75 Å². The van der Waals surface area contributed by atoms with Crippen molar-refractivity contribution >= 4 is 11.8 Å². The van der Waals surface area contributed by atoms with Gasteiger partial charge >= 0.3 is 0 Å². The summed E-state index contributed by atoms with van der Waals surface area (Å²) in [6.45, 7) is 1.62. The van der Waals surface area contributed by atoms with Crippen molar-refractivity contribution in [1.29, 1.82) is 0 Å². The molecular formula is C25H21F2N3O5. The number of carbonyl (C=O) groups is 2. The van der Waals surface area contributed by atoms with Gasteiger partial charge in [-0.05, 0) is 18.6 Å². The van der Waals surface area contributed by atoms with Gasteiger partial charge in [-0.25, -0.2) is 8.78 Å². The van der Waals surface area contributed by atoms with Crippen molar-refractivity contribution in [2.24, 2.45) is 0 Å². The number of nitrogens with one attached hydrogen (secondary N) is 1. The lowest BCUT2D eigenvalue weighted by atomic mass is 10.0. The summed E-state index contributed by atoms with van der Waals surface area (Å²) in [5.41, 5.74) is -0.754. The Labute approximate surface area is 198 Å². The maximum Gasteiger partial charge on any atom is 0.276 e. The predicted octanol–water partition coefficient (Wildman–Crippen LogP) is 2.70. The van der Waals surface area contributed by atoms with E-state index in [1.807, 2.05) is 37.3 Å². The first kappa shape index (κ1) is 22.7. The molecular weight excluding hydrogens is 460 g/mol. The van der Waals surface area contributed by atoms with E-state index in [1.165, 1.54) is 21.7 Å². The molecule has 3 atom stereocenters. The Morgan fingerprint density at radius 2 is 1.91 bits per heavy atom. The third-order valence-corrected chi connectivity index (χ3v) is 6.36. The molecule has 180 valence electrons. The van der Waals surface area contributed by atoms with Crippen molar-refractivity contribution in [3.05, 3.63) is 99.0 Å². The average molecular weight is 481 g/mol. The first-order chi connectivity index (χ1) is 16.8. The van der Waals surface area contributed by atoms with Crippen LogP contribution in [0.2, 0.25) is 0 Å². The molecule has 3 aromatic rings.